The summed E-state index contributed by atoms with van der Waals surface area (Å²) >= 11 is 7.79. The maximum atomic E-state index is 12.7. The van der Waals surface area contributed by atoms with Crippen molar-refractivity contribution in [3.05, 3.63) is 63.5 Å². The molecule has 1 aromatic heterocycles. The number of aryl methyl sites for hydroxylation is 1. The van der Waals surface area contributed by atoms with Crippen LogP contribution in [0.1, 0.15) is 59.8 Å². The molecule has 1 aliphatic rings. The Hall–Kier alpha value is -2.70. The summed E-state index contributed by atoms with van der Waals surface area (Å²) in [4.78, 5) is 25.7. The highest BCUT2D eigenvalue weighted by atomic mass is 35.5. The van der Waals surface area contributed by atoms with Crippen molar-refractivity contribution in [2.75, 3.05) is 5.32 Å². The van der Waals surface area contributed by atoms with Crippen LogP contribution in [0.25, 0.3) is 10.1 Å². The smallest absolute Gasteiger partial charge is 0.283 e. The highest BCUT2D eigenvalue weighted by molar-refractivity contribution is 7.21. The van der Waals surface area contributed by atoms with Crippen molar-refractivity contribution in [2.24, 2.45) is 11.0 Å². The molecule has 0 saturated heterocycles. The Morgan fingerprint density at radius 3 is 2.66 bits per heavy atom. The fraction of sp³-hybridized carbons (Fsp3) is 0.320. The Bertz CT molecular complexity index is 1200. The van der Waals surface area contributed by atoms with Crippen LogP contribution in [-0.4, -0.2) is 17.5 Å². The van der Waals surface area contributed by atoms with Gasteiger partial charge in [0.2, 0.25) is 5.91 Å². The van der Waals surface area contributed by atoms with Gasteiger partial charge in [0.05, 0.1) is 10.7 Å². The van der Waals surface area contributed by atoms with E-state index in [1.54, 1.807) is 0 Å². The van der Waals surface area contributed by atoms with E-state index in [0.717, 1.165) is 52.6 Å². The van der Waals surface area contributed by atoms with E-state index in [0.29, 0.717) is 15.6 Å². The average Bonchev–Trinajstić information content (AvgIpc) is 3.13. The van der Waals surface area contributed by atoms with Crippen molar-refractivity contribution < 1.29 is 9.59 Å². The monoisotopic (exact) mass is 467 g/mol. The minimum Gasteiger partial charge on any atom is -0.326 e. The van der Waals surface area contributed by atoms with Gasteiger partial charge in [0.15, 0.2) is 0 Å². The molecule has 0 unspecified atom stereocenters. The highest BCUT2D eigenvalue weighted by Crippen LogP contribution is 2.35. The van der Waals surface area contributed by atoms with Crippen LogP contribution in [0.15, 0.2) is 47.6 Å². The van der Waals surface area contributed by atoms with Gasteiger partial charge in [0.1, 0.15) is 4.88 Å². The number of amides is 2. The number of rotatable bonds is 5. The number of nitrogens with zero attached hydrogens (tertiary/aromatic N) is 1. The van der Waals surface area contributed by atoms with Crippen LogP contribution in [0.2, 0.25) is 5.02 Å². The standard InChI is InChI=1S/C25H26ClN3O2S/c1-15-11-12-20-21(13-15)32-23(22(20)26)25(31)29-28-16(2)18-9-6-10-19(14-18)27-24(30)17-7-4-3-5-8-17/h6,9-14,17H,3-5,7-8H2,1-2H3,(H,27,30)(H,29,31)/b28-16+. The third-order valence-electron chi connectivity index (χ3n) is 5.84. The van der Waals surface area contributed by atoms with Gasteiger partial charge in [-0.3, -0.25) is 9.59 Å². The van der Waals surface area contributed by atoms with Gasteiger partial charge in [-0.15, -0.1) is 11.3 Å². The summed E-state index contributed by atoms with van der Waals surface area (Å²) < 4.78 is 0.974. The Morgan fingerprint density at radius 1 is 1.09 bits per heavy atom. The maximum Gasteiger partial charge on any atom is 0.283 e. The van der Waals surface area contributed by atoms with E-state index in [1.165, 1.54) is 17.8 Å². The van der Waals surface area contributed by atoms with E-state index in [-0.39, 0.29) is 17.7 Å². The van der Waals surface area contributed by atoms with Crippen LogP contribution in [0, 0.1) is 12.8 Å². The van der Waals surface area contributed by atoms with Crippen LogP contribution < -0.4 is 10.7 Å². The summed E-state index contributed by atoms with van der Waals surface area (Å²) in [5.74, 6) is -0.161. The molecule has 7 heteroatoms. The molecule has 166 valence electrons. The molecule has 0 spiro atoms. The van der Waals surface area contributed by atoms with E-state index < -0.39 is 0 Å². The molecule has 5 nitrogen and oxygen atoms in total. The van der Waals surface area contributed by atoms with Gasteiger partial charge in [-0.25, -0.2) is 5.43 Å². The van der Waals surface area contributed by atoms with Gasteiger partial charge in [-0.05, 0) is 56.0 Å². The zero-order valence-corrected chi connectivity index (χ0v) is 19.8. The lowest BCUT2D eigenvalue weighted by Gasteiger charge is -2.20. The number of carbonyl (C=O) groups is 2. The Morgan fingerprint density at radius 2 is 1.88 bits per heavy atom. The highest BCUT2D eigenvalue weighted by Gasteiger charge is 2.21. The molecule has 2 amide bonds. The van der Waals surface area contributed by atoms with Crippen molar-refractivity contribution in [1.82, 2.24) is 5.43 Å². The zero-order valence-electron chi connectivity index (χ0n) is 18.2. The summed E-state index contributed by atoms with van der Waals surface area (Å²) in [5, 5.41) is 8.61. The van der Waals surface area contributed by atoms with Gasteiger partial charge in [-0.2, -0.15) is 5.10 Å². The molecule has 2 aromatic carbocycles. The Kier molecular flexibility index (Phi) is 6.92. The first-order valence-electron chi connectivity index (χ1n) is 10.9. The molecular weight excluding hydrogens is 442 g/mol. The number of anilines is 1. The van der Waals surface area contributed by atoms with Gasteiger partial charge in [-0.1, -0.05) is 55.1 Å². The second kappa shape index (κ2) is 9.84. The molecular formula is C25H26ClN3O2S. The second-order valence-electron chi connectivity index (χ2n) is 8.29. The lowest BCUT2D eigenvalue weighted by molar-refractivity contribution is -0.120. The number of nitrogens with one attached hydrogen (secondary N) is 2. The van der Waals surface area contributed by atoms with E-state index in [9.17, 15) is 9.59 Å². The number of fused-ring (bicyclic) bond motifs is 1. The molecule has 1 aliphatic carbocycles. The normalized spacial score (nSPS) is 15.0. The molecule has 1 heterocycles. The number of carbonyl (C=O) groups excluding carboxylic acids is 2. The molecule has 0 atom stereocenters. The Labute approximate surface area is 196 Å². The largest absolute Gasteiger partial charge is 0.326 e. The van der Waals surface area contributed by atoms with Crippen LogP contribution in [0.3, 0.4) is 0 Å². The topological polar surface area (TPSA) is 70.6 Å². The van der Waals surface area contributed by atoms with Gasteiger partial charge >= 0.3 is 0 Å². The number of benzene rings is 2. The third-order valence-corrected chi connectivity index (χ3v) is 7.50. The van der Waals surface area contributed by atoms with Crippen molar-refractivity contribution in [3.63, 3.8) is 0 Å². The Balaban J connectivity index is 1.45. The lowest BCUT2D eigenvalue weighted by atomic mass is 9.88. The second-order valence-corrected chi connectivity index (χ2v) is 9.72. The van der Waals surface area contributed by atoms with Crippen molar-refractivity contribution in [1.29, 1.82) is 0 Å². The van der Waals surface area contributed by atoms with E-state index in [4.69, 9.17) is 11.6 Å². The predicted octanol–water partition coefficient (Wildman–Crippen LogP) is 6.54. The molecule has 3 aromatic rings. The first-order chi connectivity index (χ1) is 15.4. The first-order valence-corrected chi connectivity index (χ1v) is 12.1. The van der Waals surface area contributed by atoms with Crippen LogP contribution in [0.5, 0.6) is 0 Å². The van der Waals surface area contributed by atoms with Crippen molar-refractivity contribution >= 4 is 56.2 Å². The fourth-order valence-electron chi connectivity index (χ4n) is 4.00. The van der Waals surface area contributed by atoms with Gasteiger partial charge in [0.25, 0.3) is 5.91 Å². The van der Waals surface area contributed by atoms with E-state index >= 15 is 0 Å². The lowest BCUT2D eigenvalue weighted by Crippen LogP contribution is -2.24. The average molecular weight is 468 g/mol. The number of hydrogen-bond acceptors (Lipinski definition) is 4. The quantitative estimate of drug-likeness (QED) is 0.330. The van der Waals surface area contributed by atoms with Gasteiger partial charge < -0.3 is 5.32 Å². The summed E-state index contributed by atoms with van der Waals surface area (Å²) in [6.45, 7) is 3.82. The molecule has 0 bridgehead atoms. The molecule has 0 radical (unpaired) electrons. The van der Waals surface area contributed by atoms with Crippen LogP contribution in [-0.2, 0) is 4.79 Å². The minimum atomic E-state index is -0.338. The predicted molar refractivity (Wildman–Crippen MR) is 133 cm³/mol. The molecule has 4 rings (SSSR count). The summed E-state index contributed by atoms with van der Waals surface area (Å²) in [5.41, 5.74) is 5.93. The van der Waals surface area contributed by atoms with Crippen LogP contribution in [0.4, 0.5) is 5.69 Å². The van der Waals surface area contributed by atoms with Gasteiger partial charge in [0, 0.05) is 21.7 Å². The van der Waals surface area contributed by atoms with E-state index in [1.807, 2.05) is 56.3 Å². The summed E-state index contributed by atoms with van der Waals surface area (Å²) in [7, 11) is 0. The van der Waals surface area contributed by atoms with Crippen molar-refractivity contribution in [2.45, 2.75) is 46.0 Å². The van der Waals surface area contributed by atoms with Crippen molar-refractivity contribution in [3.8, 4) is 0 Å². The molecule has 32 heavy (non-hydrogen) atoms. The SMILES string of the molecule is C/C(=N\NC(=O)c1sc2cc(C)ccc2c1Cl)c1cccc(NC(=O)C2CCCCC2)c1. The minimum absolute atomic E-state index is 0.0828. The van der Waals surface area contributed by atoms with E-state index in [2.05, 4.69) is 15.8 Å². The molecule has 1 fully saturated rings. The first kappa shape index (κ1) is 22.5. The van der Waals surface area contributed by atoms with Crippen LogP contribution >= 0.6 is 22.9 Å². The number of halogens is 1. The summed E-state index contributed by atoms with van der Waals surface area (Å²) in [6, 6.07) is 13.4. The summed E-state index contributed by atoms with van der Waals surface area (Å²) in [6.07, 6.45) is 5.36. The third kappa shape index (κ3) is 5.03. The zero-order chi connectivity index (χ0) is 22.7. The fourth-order valence-corrected chi connectivity index (χ4v) is 5.50. The maximum absolute atomic E-state index is 12.7. The molecule has 1 saturated carbocycles. The number of hydrazone groups is 1. The number of hydrogen-bond donors (Lipinski definition) is 2. The molecule has 2 N–H and O–H groups in total. The number of thiophene rings is 1. The molecule has 0 aliphatic heterocycles.